The maximum atomic E-state index is 11.3. The molecule has 7 heteroatoms. The normalized spacial score (nSPS) is 10.7. The lowest BCUT2D eigenvalue weighted by Crippen LogP contribution is -2.08. The summed E-state index contributed by atoms with van der Waals surface area (Å²) < 4.78 is 1.32. The third-order valence-electron chi connectivity index (χ3n) is 3.80. The SMILES string of the molecule is O=C(O)c1cnnn1-c1ccc(-c2ccccc2)c(-c2cncs2)c1. The van der Waals surface area contributed by atoms with Gasteiger partial charge in [0.2, 0.25) is 0 Å². The van der Waals surface area contributed by atoms with Gasteiger partial charge in [-0.2, -0.15) is 0 Å². The fourth-order valence-electron chi connectivity index (χ4n) is 2.66. The van der Waals surface area contributed by atoms with E-state index in [0.29, 0.717) is 5.69 Å². The van der Waals surface area contributed by atoms with E-state index in [-0.39, 0.29) is 5.69 Å². The molecule has 4 aromatic rings. The van der Waals surface area contributed by atoms with Crippen LogP contribution in [0.1, 0.15) is 10.5 Å². The number of nitrogens with zero attached hydrogens (tertiary/aromatic N) is 4. The molecular weight excluding hydrogens is 336 g/mol. The first kappa shape index (κ1) is 15.2. The smallest absolute Gasteiger partial charge is 0.356 e. The lowest BCUT2D eigenvalue weighted by atomic mass is 9.98. The first-order valence-corrected chi connectivity index (χ1v) is 8.35. The fourth-order valence-corrected chi connectivity index (χ4v) is 3.31. The highest BCUT2D eigenvalue weighted by molar-refractivity contribution is 7.13. The number of benzene rings is 2. The number of rotatable bonds is 4. The van der Waals surface area contributed by atoms with E-state index in [9.17, 15) is 9.90 Å². The summed E-state index contributed by atoms with van der Waals surface area (Å²) in [6.07, 6.45) is 3.04. The summed E-state index contributed by atoms with van der Waals surface area (Å²) in [5, 5.41) is 16.9. The number of carboxylic acids is 1. The summed E-state index contributed by atoms with van der Waals surface area (Å²) in [7, 11) is 0. The van der Waals surface area contributed by atoms with Crippen LogP contribution >= 0.6 is 11.3 Å². The zero-order valence-corrected chi connectivity index (χ0v) is 13.7. The van der Waals surface area contributed by atoms with Gasteiger partial charge in [-0.15, -0.1) is 16.4 Å². The molecule has 25 heavy (non-hydrogen) atoms. The molecule has 2 aromatic heterocycles. The highest BCUT2D eigenvalue weighted by atomic mass is 32.1. The van der Waals surface area contributed by atoms with Crippen LogP contribution in [-0.4, -0.2) is 31.1 Å². The summed E-state index contributed by atoms with van der Waals surface area (Å²) in [5.74, 6) is -1.07. The van der Waals surface area contributed by atoms with Gasteiger partial charge >= 0.3 is 5.97 Å². The van der Waals surface area contributed by atoms with E-state index in [1.165, 1.54) is 22.2 Å². The van der Waals surface area contributed by atoms with Gasteiger partial charge in [0.1, 0.15) is 0 Å². The maximum absolute atomic E-state index is 11.3. The Hall–Kier alpha value is -3.32. The van der Waals surface area contributed by atoms with Crippen LogP contribution in [0.4, 0.5) is 0 Å². The Labute approximate surface area is 147 Å². The molecule has 0 atom stereocenters. The van der Waals surface area contributed by atoms with Gasteiger partial charge in [-0.25, -0.2) is 9.48 Å². The van der Waals surface area contributed by atoms with E-state index in [2.05, 4.69) is 15.3 Å². The monoisotopic (exact) mass is 348 g/mol. The first-order chi connectivity index (χ1) is 12.2. The quantitative estimate of drug-likeness (QED) is 0.607. The van der Waals surface area contributed by atoms with Gasteiger partial charge in [0.15, 0.2) is 5.69 Å². The second-order valence-corrected chi connectivity index (χ2v) is 6.18. The van der Waals surface area contributed by atoms with E-state index >= 15 is 0 Å². The minimum Gasteiger partial charge on any atom is -0.476 e. The summed E-state index contributed by atoms with van der Waals surface area (Å²) >= 11 is 1.53. The van der Waals surface area contributed by atoms with Crippen molar-refractivity contribution in [3.05, 3.63) is 72.1 Å². The van der Waals surface area contributed by atoms with E-state index < -0.39 is 5.97 Å². The molecule has 0 spiro atoms. The lowest BCUT2D eigenvalue weighted by Gasteiger charge is -2.11. The average Bonchev–Trinajstić information content (AvgIpc) is 3.34. The topological polar surface area (TPSA) is 80.9 Å². The van der Waals surface area contributed by atoms with Crippen molar-refractivity contribution in [3.63, 3.8) is 0 Å². The van der Waals surface area contributed by atoms with E-state index in [1.54, 1.807) is 11.7 Å². The molecule has 4 rings (SSSR count). The minimum absolute atomic E-state index is 0.0164. The Morgan fingerprint density at radius 2 is 1.88 bits per heavy atom. The predicted molar refractivity (Wildman–Crippen MR) is 94.9 cm³/mol. The summed E-state index contributed by atoms with van der Waals surface area (Å²) in [6, 6.07) is 15.7. The molecule has 2 aromatic carbocycles. The number of carboxylic acid groups (broad SMARTS) is 1. The van der Waals surface area contributed by atoms with Crippen LogP contribution in [0.5, 0.6) is 0 Å². The standard InChI is InChI=1S/C18H12N4O2S/c23-18(24)16-9-20-21-22(16)13-6-7-14(12-4-2-1-3-5-12)15(8-13)17-10-19-11-25-17/h1-11H,(H,23,24). The van der Waals surface area contributed by atoms with Crippen molar-refractivity contribution in [2.75, 3.05) is 0 Å². The number of thiazole rings is 1. The molecule has 122 valence electrons. The van der Waals surface area contributed by atoms with Gasteiger partial charge in [-0.1, -0.05) is 41.6 Å². The van der Waals surface area contributed by atoms with Crippen LogP contribution in [0.3, 0.4) is 0 Å². The second-order valence-electron chi connectivity index (χ2n) is 5.30. The summed E-state index contributed by atoms with van der Waals surface area (Å²) in [5.41, 5.74) is 5.52. The molecule has 0 unspecified atom stereocenters. The molecule has 0 saturated heterocycles. The highest BCUT2D eigenvalue weighted by Crippen LogP contribution is 2.35. The Kier molecular flexibility index (Phi) is 3.83. The van der Waals surface area contributed by atoms with Gasteiger partial charge < -0.3 is 5.11 Å². The van der Waals surface area contributed by atoms with E-state index in [4.69, 9.17) is 0 Å². The molecule has 2 heterocycles. The highest BCUT2D eigenvalue weighted by Gasteiger charge is 2.16. The molecular formula is C18H12N4O2S. The lowest BCUT2D eigenvalue weighted by molar-refractivity contribution is 0.0687. The Balaban J connectivity index is 1.92. The van der Waals surface area contributed by atoms with Crippen molar-refractivity contribution in [2.45, 2.75) is 0 Å². The molecule has 1 N–H and O–H groups in total. The summed E-state index contributed by atoms with van der Waals surface area (Å²) in [6.45, 7) is 0. The van der Waals surface area contributed by atoms with Crippen LogP contribution in [0.2, 0.25) is 0 Å². The van der Waals surface area contributed by atoms with Crippen molar-refractivity contribution in [3.8, 4) is 27.3 Å². The van der Waals surface area contributed by atoms with Crippen LogP contribution in [0.15, 0.2) is 66.4 Å². The summed E-state index contributed by atoms with van der Waals surface area (Å²) in [4.78, 5) is 16.5. The van der Waals surface area contributed by atoms with E-state index in [0.717, 1.165) is 21.6 Å². The molecule has 0 radical (unpaired) electrons. The van der Waals surface area contributed by atoms with Crippen molar-refractivity contribution >= 4 is 17.3 Å². The second kappa shape index (κ2) is 6.29. The van der Waals surface area contributed by atoms with Crippen molar-refractivity contribution < 1.29 is 9.90 Å². The molecule has 0 amide bonds. The molecule has 0 saturated carbocycles. The van der Waals surface area contributed by atoms with Crippen molar-refractivity contribution in [1.82, 2.24) is 20.0 Å². The molecule has 0 aliphatic rings. The van der Waals surface area contributed by atoms with Crippen molar-refractivity contribution in [1.29, 1.82) is 0 Å². The van der Waals surface area contributed by atoms with Gasteiger partial charge in [-0.3, -0.25) is 4.98 Å². The molecule has 0 aliphatic heterocycles. The van der Waals surface area contributed by atoms with Crippen LogP contribution in [0.25, 0.3) is 27.3 Å². The van der Waals surface area contributed by atoms with Gasteiger partial charge in [0.05, 0.1) is 22.3 Å². The van der Waals surface area contributed by atoms with Gasteiger partial charge in [0.25, 0.3) is 0 Å². The van der Waals surface area contributed by atoms with Gasteiger partial charge in [-0.05, 0) is 23.3 Å². The molecule has 6 nitrogen and oxygen atoms in total. The van der Waals surface area contributed by atoms with Crippen LogP contribution < -0.4 is 0 Å². The van der Waals surface area contributed by atoms with Gasteiger partial charge in [0, 0.05) is 11.8 Å². The number of carbonyl (C=O) groups is 1. The first-order valence-electron chi connectivity index (χ1n) is 7.47. The average molecular weight is 348 g/mol. The number of hydrogen-bond acceptors (Lipinski definition) is 5. The zero-order valence-electron chi connectivity index (χ0n) is 12.9. The fraction of sp³-hybridized carbons (Fsp3) is 0. The Bertz CT molecular complexity index is 1030. The zero-order chi connectivity index (χ0) is 17.2. The van der Waals surface area contributed by atoms with Crippen LogP contribution in [-0.2, 0) is 0 Å². The largest absolute Gasteiger partial charge is 0.476 e. The maximum Gasteiger partial charge on any atom is 0.356 e. The number of aromatic carboxylic acids is 1. The minimum atomic E-state index is -1.07. The number of aromatic nitrogens is 4. The van der Waals surface area contributed by atoms with Crippen LogP contribution in [0, 0.1) is 0 Å². The van der Waals surface area contributed by atoms with Crippen molar-refractivity contribution in [2.24, 2.45) is 0 Å². The molecule has 0 fully saturated rings. The third kappa shape index (κ3) is 2.81. The Morgan fingerprint density at radius 3 is 2.60 bits per heavy atom. The molecule has 0 aliphatic carbocycles. The predicted octanol–water partition coefficient (Wildman–Crippen LogP) is 3.76. The number of hydrogen-bond donors (Lipinski definition) is 1. The third-order valence-corrected chi connectivity index (χ3v) is 4.61. The molecule has 0 bridgehead atoms. The van der Waals surface area contributed by atoms with E-state index in [1.807, 2.05) is 48.5 Å². The Morgan fingerprint density at radius 1 is 1.04 bits per heavy atom.